The van der Waals surface area contributed by atoms with Crippen LogP contribution in [0.4, 0.5) is 13.2 Å². The van der Waals surface area contributed by atoms with Gasteiger partial charge in [-0.3, -0.25) is 4.90 Å². The maximum atomic E-state index is 13.3. The monoisotopic (exact) mass is 402 g/mol. The zero-order chi connectivity index (χ0) is 20.6. The van der Waals surface area contributed by atoms with Crippen molar-refractivity contribution in [3.05, 3.63) is 58.9 Å². The number of rotatable bonds is 3. The molecule has 3 heterocycles. The number of aryl methyl sites for hydroxylation is 2. The van der Waals surface area contributed by atoms with Crippen LogP contribution in [0.2, 0.25) is 0 Å². The smallest absolute Gasteiger partial charge is 0.315 e. The van der Waals surface area contributed by atoms with E-state index < -0.39 is 11.7 Å². The van der Waals surface area contributed by atoms with Crippen LogP contribution in [0.3, 0.4) is 0 Å². The molecule has 2 aromatic heterocycles. The van der Waals surface area contributed by atoms with Crippen molar-refractivity contribution in [3.8, 4) is 11.3 Å². The van der Waals surface area contributed by atoms with E-state index in [1.165, 1.54) is 12.3 Å². The maximum Gasteiger partial charge on any atom is 0.417 e. The van der Waals surface area contributed by atoms with E-state index in [9.17, 15) is 13.2 Å². The maximum absolute atomic E-state index is 13.3. The quantitative estimate of drug-likeness (QED) is 0.703. The van der Waals surface area contributed by atoms with E-state index in [4.69, 9.17) is 4.98 Å². The van der Waals surface area contributed by atoms with Crippen LogP contribution in [0.15, 0.2) is 36.5 Å². The zero-order valence-electron chi connectivity index (χ0n) is 16.7. The van der Waals surface area contributed by atoms with Gasteiger partial charge in [0.25, 0.3) is 0 Å². The summed E-state index contributed by atoms with van der Waals surface area (Å²) >= 11 is 0. The highest BCUT2D eigenvalue weighted by Gasteiger charge is 2.31. The average molecular weight is 402 g/mol. The van der Waals surface area contributed by atoms with Gasteiger partial charge in [0.05, 0.1) is 17.0 Å². The van der Waals surface area contributed by atoms with Crippen LogP contribution in [-0.4, -0.2) is 40.5 Å². The van der Waals surface area contributed by atoms with Crippen molar-refractivity contribution in [3.63, 3.8) is 0 Å². The number of nitrogens with zero attached hydrogens (tertiary/aromatic N) is 3. The van der Waals surface area contributed by atoms with Crippen molar-refractivity contribution in [2.75, 3.05) is 26.2 Å². The summed E-state index contributed by atoms with van der Waals surface area (Å²) in [4.78, 5) is 7.03. The van der Waals surface area contributed by atoms with Gasteiger partial charge in [0.1, 0.15) is 5.65 Å². The lowest BCUT2D eigenvalue weighted by molar-refractivity contribution is -0.137. The first-order valence-electron chi connectivity index (χ1n) is 9.92. The highest BCUT2D eigenvalue weighted by molar-refractivity contribution is 5.70. The molecule has 1 saturated heterocycles. The fraction of sp³-hybridized carbons (Fsp3) is 0.409. The number of aromatic nitrogens is 2. The molecule has 4 rings (SSSR count). The number of nitrogens with one attached hydrogen (secondary N) is 1. The lowest BCUT2D eigenvalue weighted by Gasteiger charge is -2.20. The first-order valence-corrected chi connectivity index (χ1v) is 9.92. The summed E-state index contributed by atoms with van der Waals surface area (Å²) < 4.78 is 41.7. The topological polar surface area (TPSA) is 32.6 Å². The normalized spacial score (nSPS) is 16.3. The van der Waals surface area contributed by atoms with Crippen LogP contribution in [0.25, 0.3) is 16.9 Å². The summed E-state index contributed by atoms with van der Waals surface area (Å²) in [6, 6.07) is 8.69. The summed E-state index contributed by atoms with van der Waals surface area (Å²) in [6.07, 6.45) is -2.19. The predicted octanol–water partition coefficient (Wildman–Crippen LogP) is 4.43. The minimum atomic E-state index is -4.39. The summed E-state index contributed by atoms with van der Waals surface area (Å²) in [5.41, 5.74) is 4.64. The van der Waals surface area contributed by atoms with Gasteiger partial charge in [-0.25, -0.2) is 4.98 Å². The van der Waals surface area contributed by atoms with Crippen molar-refractivity contribution in [1.82, 2.24) is 19.6 Å². The van der Waals surface area contributed by atoms with Gasteiger partial charge in [-0.05, 0) is 51.1 Å². The van der Waals surface area contributed by atoms with Gasteiger partial charge < -0.3 is 9.72 Å². The molecule has 1 fully saturated rings. The molecule has 0 atom stereocenters. The molecule has 29 heavy (non-hydrogen) atoms. The third-order valence-corrected chi connectivity index (χ3v) is 5.49. The van der Waals surface area contributed by atoms with Crippen LogP contribution < -0.4 is 5.32 Å². The van der Waals surface area contributed by atoms with E-state index in [1.807, 2.05) is 26.0 Å². The Morgan fingerprint density at radius 1 is 1.07 bits per heavy atom. The van der Waals surface area contributed by atoms with E-state index in [1.54, 1.807) is 4.40 Å². The van der Waals surface area contributed by atoms with Gasteiger partial charge in [0.15, 0.2) is 0 Å². The Kier molecular flexibility index (Phi) is 5.36. The molecule has 1 N–H and O–H groups in total. The summed E-state index contributed by atoms with van der Waals surface area (Å²) in [6.45, 7) is 8.22. The molecule has 1 aliphatic heterocycles. The molecule has 3 aromatic rings. The molecule has 1 aliphatic rings. The minimum absolute atomic E-state index is 0.538. The summed E-state index contributed by atoms with van der Waals surface area (Å²) in [7, 11) is 0. The van der Waals surface area contributed by atoms with Crippen LogP contribution in [0.5, 0.6) is 0 Å². The molecule has 0 spiro atoms. The SMILES string of the molecule is Cc1ccc(-c2nc3ccc(C(F)(F)F)cn3c2CN2CCCNCC2)c(C)c1. The average Bonchev–Trinajstić information content (AvgIpc) is 2.82. The molecule has 0 bridgehead atoms. The standard InChI is InChI=1S/C22H25F3N4/c1-15-4-6-18(16(2)12-15)21-19(14-28-10-3-8-26-9-11-28)29-13-17(22(23,24)25)5-7-20(29)27-21/h4-7,12-13,26H,3,8-11,14H2,1-2H3. The number of pyridine rings is 1. The molecule has 4 nitrogen and oxygen atoms in total. The van der Waals surface area contributed by atoms with E-state index >= 15 is 0 Å². The first kappa shape index (κ1) is 19.9. The second-order valence-corrected chi connectivity index (χ2v) is 7.75. The Balaban J connectivity index is 1.86. The molecule has 154 valence electrons. The number of imidazole rings is 1. The van der Waals surface area contributed by atoms with E-state index in [0.29, 0.717) is 12.2 Å². The Bertz CT molecular complexity index is 1010. The lowest BCUT2D eigenvalue weighted by Crippen LogP contribution is -2.28. The molecule has 0 aliphatic carbocycles. The van der Waals surface area contributed by atoms with Crippen LogP contribution in [0, 0.1) is 13.8 Å². The van der Waals surface area contributed by atoms with Crippen molar-refractivity contribution >= 4 is 5.65 Å². The molecular formula is C22H25F3N4. The highest BCUT2D eigenvalue weighted by Crippen LogP contribution is 2.33. The van der Waals surface area contributed by atoms with Gasteiger partial charge >= 0.3 is 6.18 Å². The summed E-state index contributed by atoms with van der Waals surface area (Å²) in [5.74, 6) is 0. The fourth-order valence-corrected chi connectivity index (χ4v) is 3.98. The Morgan fingerprint density at radius 3 is 2.66 bits per heavy atom. The van der Waals surface area contributed by atoms with Crippen molar-refractivity contribution in [2.45, 2.75) is 33.0 Å². The van der Waals surface area contributed by atoms with Gasteiger partial charge in [0, 0.05) is 31.4 Å². The van der Waals surface area contributed by atoms with Gasteiger partial charge in [0.2, 0.25) is 0 Å². The Morgan fingerprint density at radius 2 is 1.90 bits per heavy atom. The predicted molar refractivity (Wildman–Crippen MR) is 108 cm³/mol. The first-order chi connectivity index (χ1) is 13.8. The van der Waals surface area contributed by atoms with Crippen LogP contribution >= 0.6 is 0 Å². The van der Waals surface area contributed by atoms with Crippen molar-refractivity contribution in [1.29, 1.82) is 0 Å². The second kappa shape index (κ2) is 7.80. The second-order valence-electron chi connectivity index (χ2n) is 7.75. The molecule has 1 aromatic carbocycles. The van der Waals surface area contributed by atoms with Gasteiger partial charge in [-0.15, -0.1) is 0 Å². The van der Waals surface area contributed by atoms with Crippen molar-refractivity contribution in [2.24, 2.45) is 0 Å². The Labute approximate surface area is 168 Å². The summed E-state index contributed by atoms with van der Waals surface area (Å²) in [5, 5.41) is 3.37. The van der Waals surface area contributed by atoms with E-state index in [2.05, 4.69) is 16.3 Å². The molecule has 0 saturated carbocycles. The third-order valence-electron chi connectivity index (χ3n) is 5.49. The van der Waals surface area contributed by atoms with Crippen LogP contribution in [0.1, 0.15) is 28.8 Å². The third kappa shape index (κ3) is 4.16. The number of benzene rings is 1. The number of fused-ring (bicyclic) bond motifs is 1. The molecular weight excluding hydrogens is 377 g/mol. The van der Waals surface area contributed by atoms with Crippen molar-refractivity contribution < 1.29 is 13.2 Å². The number of hydrogen-bond acceptors (Lipinski definition) is 3. The Hall–Kier alpha value is -2.38. The molecule has 7 heteroatoms. The van der Waals surface area contributed by atoms with Gasteiger partial charge in [-0.2, -0.15) is 13.2 Å². The number of halogens is 3. The van der Waals surface area contributed by atoms with Crippen LogP contribution in [-0.2, 0) is 12.7 Å². The number of alkyl halides is 3. The largest absolute Gasteiger partial charge is 0.417 e. The lowest BCUT2D eigenvalue weighted by atomic mass is 10.0. The fourth-order valence-electron chi connectivity index (χ4n) is 3.98. The molecule has 0 unspecified atom stereocenters. The molecule has 0 radical (unpaired) electrons. The van der Waals surface area contributed by atoms with E-state index in [0.717, 1.165) is 66.7 Å². The zero-order valence-corrected chi connectivity index (χ0v) is 16.7. The van der Waals surface area contributed by atoms with E-state index in [-0.39, 0.29) is 0 Å². The minimum Gasteiger partial charge on any atom is -0.315 e. The molecule has 0 amide bonds. The van der Waals surface area contributed by atoms with Gasteiger partial charge in [-0.1, -0.05) is 23.8 Å². The highest BCUT2D eigenvalue weighted by atomic mass is 19.4. The number of hydrogen-bond donors (Lipinski definition) is 1.